The van der Waals surface area contributed by atoms with Crippen molar-refractivity contribution in [1.29, 1.82) is 0 Å². The Hall–Kier alpha value is -2.13. The first-order valence-electron chi connectivity index (χ1n) is 8.11. The van der Waals surface area contributed by atoms with Gasteiger partial charge in [-0.25, -0.2) is 0 Å². The molecular weight excluding hydrogens is 308 g/mol. The molecule has 2 aromatic heterocycles. The molecule has 24 heavy (non-hydrogen) atoms. The van der Waals surface area contributed by atoms with E-state index in [1.807, 2.05) is 11.6 Å². The summed E-state index contributed by atoms with van der Waals surface area (Å²) in [5.74, 6) is 2.08. The number of nitrogens with zero attached hydrogens (tertiary/aromatic N) is 6. The van der Waals surface area contributed by atoms with Gasteiger partial charge in [0.1, 0.15) is 5.82 Å². The van der Waals surface area contributed by atoms with Gasteiger partial charge in [-0.15, -0.1) is 10.2 Å². The van der Waals surface area contributed by atoms with Crippen molar-refractivity contribution in [2.24, 2.45) is 7.05 Å². The average molecular weight is 334 g/mol. The summed E-state index contributed by atoms with van der Waals surface area (Å²) in [5, 5.41) is 15.3. The molecule has 9 heteroatoms. The Bertz CT molecular complexity index is 683. The van der Waals surface area contributed by atoms with Crippen molar-refractivity contribution in [3.63, 3.8) is 0 Å². The van der Waals surface area contributed by atoms with Crippen LogP contribution in [-0.4, -0.2) is 75.3 Å². The monoisotopic (exact) mass is 334 g/mol. The quantitative estimate of drug-likeness (QED) is 0.813. The maximum absolute atomic E-state index is 5.89. The molecule has 1 aliphatic rings. The van der Waals surface area contributed by atoms with Crippen LogP contribution in [0.15, 0.2) is 6.20 Å². The Morgan fingerprint density at radius 1 is 1.25 bits per heavy atom. The van der Waals surface area contributed by atoms with Crippen LogP contribution in [0.4, 0.5) is 11.8 Å². The zero-order chi connectivity index (χ0) is 17.3. The summed E-state index contributed by atoms with van der Waals surface area (Å²) < 4.78 is 7.31. The maximum Gasteiger partial charge on any atom is 0.227 e. The predicted octanol–water partition coefficient (Wildman–Crippen LogP) is 0.334. The molecule has 9 nitrogen and oxygen atoms in total. The normalized spacial score (nSPS) is 16.8. The lowest BCUT2D eigenvalue weighted by atomic mass is 10.0. The first-order valence-corrected chi connectivity index (χ1v) is 8.11. The molecule has 0 aromatic carbocycles. The van der Waals surface area contributed by atoms with Crippen molar-refractivity contribution in [1.82, 2.24) is 29.9 Å². The van der Waals surface area contributed by atoms with Gasteiger partial charge in [0.15, 0.2) is 5.82 Å². The Labute approximate surface area is 141 Å². The summed E-state index contributed by atoms with van der Waals surface area (Å²) in [6.45, 7) is 8.89. The molecular formula is C15H26N8O. The minimum Gasteiger partial charge on any atom is -0.383 e. The third-order valence-electron chi connectivity index (χ3n) is 4.68. The smallest absolute Gasteiger partial charge is 0.227 e. The van der Waals surface area contributed by atoms with Crippen LogP contribution in [0.1, 0.15) is 13.8 Å². The second kappa shape index (κ2) is 6.40. The number of aromatic nitrogens is 5. The van der Waals surface area contributed by atoms with E-state index in [4.69, 9.17) is 10.5 Å². The van der Waals surface area contributed by atoms with Crippen molar-refractivity contribution >= 4 is 11.8 Å². The van der Waals surface area contributed by atoms with Crippen LogP contribution < -0.4 is 10.6 Å². The number of ether oxygens (including phenoxy) is 1. The summed E-state index contributed by atoms with van der Waals surface area (Å²) in [4.78, 5) is 4.71. The number of hydrogen-bond acceptors (Lipinski definition) is 7. The minimum atomic E-state index is 0.0388. The number of nitrogen functional groups attached to an aromatic ring is 1. The van der Waals surface area contributed by atoms with E-state index in [0.717, 1.165) is 50.1 Å². The van der Waals surface area contributed by atoms with Crippen LogP contribution in [0.2, 0.25) is 0 Å². The molecule has 0 atom stereocenters. The molecule has 1 saturated heterocycles. The highest BCUT2D eigenvalue weighted by atomic mass is 16.5. The molecule has 132 valence electrons. The second-order valence-electron chi connectivity index (χ2n) is 6.80. The SMILES string of the molecule is COCC(C)(C)N1CCN(c2nnc(-c3cn[nH]c3N)n2C)CC1. The highest BCUT2D eigenvalue weighted by molar-refractivity contribution is 5.68. The summed E-state index contributed by atoms with van der Waals surface area (Å²) in [6, 6.07) is 0. The van der Waals surface area contributed by atoms with E-state index in [2.05, 4.69) is 44.0 Å². The van der Waals surface area contributed by atoms with E-state index >= 15 is 0 Å². The van der Waals surface area contributed by atoms with E-state index in [1.165, 1.54) is 0 Å². The van der Waals surface area contributed by atoms with Gasteiger partial charge in [0, 0.05) is 45.9 Å². The largest absolute Gasteiger partial charge is 0.383 e. The molecule has 0 radical (unpaired) electrons. The van der Waals surface area contributed by atoms with E-state index in [9.17, 15) is 0 Å². The Morgan fingerprint density at radius 2 is 1.96 bits per heavy atom. The highest BCUT2D eigenvalue weighted by Gasteiger charge is 2.31. The summed E-state index contributed by atoms with van der Waals surface area (Å²) >= 11 is 0. The van der Waals surface area contributed by atoms with Crippen molar-refractivity contribution in [3.05, 3.63) is 6.20 Å². The average Bonchev–Trinajstić information content (AvgIpc) is 3.13. The minimum absolute atomic E-state index is 0.0388. The fourth-order valence-electron chi connectivity index (χ4n) is 3.26. The number of anilines is 2. The van der Waals surface area contributed by atoms with E-state index in [0.29, 0.717) is 5.82 Å². The maximum atomic E-state index is 5.89. The first kappa shape index (κ1) is 16.7. The van der Waals surface area contributed by atoms with Gasteiger partial charge in [0.05, 0.1) is 18.4 Å². The lowest BCUT2D eigenvalue weighted by Crippen LogP contribution is -2.56. The number of rotatable bonds is 5. The van der Waals surface area contributed by atoms with Crippen LogP contribution in [0.5, 0.6) is 0 Å². The van der Waals surface area contributed by atoms with Crippen LogP contribution in [0.3, 0.4) is 0 Å². The molecule has 1 fully saturated rings. The van der Waals surface area contributed by atoms with Gasteiger partial charge < -0.3 is 15.4 Å². The zero-order valence-electron chi connectivity index (χ0n) is 14.8. The molecule has 1 aliphatic heterocycles. The molecule has 0 amide bonds. The number of piperazine rings is 1. The molecule has 2 aromatic rings. The van der Waals surface area contributed by atoms with Crippen molar-refractivity contribution in [3.8, 4) is 11.4 Å². The topological polar surface area (TPSA) is 101 Å². The zero-order valence-corrected chi connectivity index (χ0v) is 14.8. The van der Waals surface area contributed by atoms with Gasteiger partial charge in [-0.2, -0.15) is 5.10 Å². The Balaban J connectivity index is 1.72. The highest BCUT2D eigenvalue weighted by Crippen LogP contribution is 2.26. The molecule has 0 aliphatic carbocycles. The molecule has 0 saturated carbocycles. The van der Waals surface area contributed by atoms with Crippen LogP contribution in [0.25, 0.3) is 11.4 Å². The number of methoxy groups -OCH3 is 1. The standard InChI is InChI=1S/C15H26N8O/c1-15(2,10-24-4)23-7-5-22(6-8-23)14-20-19-13(21(14)3)11-9-17-18-12(11)16/h9H,5-8,10H2,1-4H3,(H3,16,17,18). The van der Waals surface area contributed by atoms with Crippen LogP contribution in [-0.2, 0) is 11.8 Å². The first-order chi connectivity index (χ1) is 11.4. The summed E-state index contributed by atoms with van der Waals surface area (Å²) in [6.07, 6.45) is 1.67. The molecule has 3 heterocycles. The van der Waals surface area contributed by atoms with Gasteiger partial charge in [0.2, 0.25) is 5.95 Å². The summed E-state index contributed by atoms with van der Waals surface area (Å²) in [7, 11) is 3.71. The molecule has 0 bridgehead atoms. The third-order valence-corrected chi connectivity index (χ3v) is 4.68. The van der Waals surface area contributed by atoms with E-state index in [1.54, 1.807) is 13.3 Å². The molecule has 3 N–H and O–H groups in total. The number of aromatic amines is 1. The van der Waals surface area contributed by atoms with Gasteiger partial charge >= 0.3 is 0 Å². The number of nitrogens with one attached hydrogen (secondary N) is 1. The molecule has 0 unspecified atom stereocenters. The van der Waals surface area contributed by atoms with E-state index in [-0.39, 0.29) is 5.54 Å². The Kier molecular flexibility index (Phi) is 4.46. The van der Waals surface area contributed by atoms with Gasteiger partial charge in [-0.1, -0.05) is 0 Å². The van der Waals surface area contributed by atoms with Crippen LogP contribution in [0, 0.1) is 0 Å². The second-order valence-corrected chi connectivity index (χ2v) is 6.80. The lowest BCUT2D eigenvalue weighted by Gasteiger charge is -2.43. The lowest BCUT2D eigenvalue weighted by molar-refractivity contribution is 0.0300. The van der Waals surface area contributed by atoms with Gasteiger partial charge in [-0.05, 0) is 13.8 Å². The van der Waals surface area contributed by atoms with Crippen LogP contribution >= 0.6 is 0 Å². The number of nitrogens with two attached hydrogens (primary N) is 1. The fourth-order valence-corrected chi connectivity index (χ4v) is 3.26. The predicted molar refractivity (Wildman–Crippen MR) is 92.7 cm³/mol. The van der Waals surface area contributed by atoms with Gasteiger partial charge in [-0.3, -0.25) is 14.6 Å². The van der Waals surface area contributed by atoms with E-state index < -0.39 is 0 Å². The summed E-state index contributed by atoms with van der Waals surface area (Å²) in [5.41, 5.74) is 6.71. The fraction of sp³-hybridized carbons (Fsp3) is 0.667. The third kappa shape index (κ3) is 2.96. The number of H-pyrrole nitrogens is 1. The van der Waals surface area contributed by atoms with Crippen molar-refractivity contribution in [2.75, 3.05) is 50.5 Å². The Morgan fingerprint density at radius 3 is 2.54 bits per heavy atom. The molecule has 0 spiro atoms. The van der Waals surface area contributed by atoms with Crippen molar-refractivity contribution < 1.29 is 4.74 Å². The van der Waals surface area contributed by atoms with Gasteiger partial charge in [0.25, 0.3) is 0 Å². The number of hydrogen-bond donors (Lipinski definition) is 2. The molecule has 3 rings (SSSR count). The van der Waals surface area contributed by atoms with Crippen molar-refractivity contribution in [2.45, 2.75) is 19.4 Å².